The summed E-state index contributed by atoms with van der Waals surface area (Å²) in [4.78, 5) is 32.4. The Morgan fingerprint density at radius 1 is 1.04 bits per heavy atom. The molecule has 0 fully saturated rings. The highest BCUT2D eigenvalue weighted by Crippen LogP contribution is 2.21. The zero-order valence-electron chi connectivity index (χ0n) is 14.3. The fourth-order valence-corrected chi connectivity index (χ4v) is 2.82. The highest BCUT2D eigenvalue weighted by atomic mass is 35.5. The Bertz CT molecular complexity index is 1030. The Balaban J connectivity index is 1.57. The molecule has 0 atom stereocenters. The Hall–Kier alpha value is -3.16. The van der Waals surface area contributed by atoms with Gasteiger partial charge in [-0.2, -0.15) is 0 Å². The molecule has 28 heavy (non-hydrogen) atoms. The molecule has 0 aliphatic heterocycles. The molecule has 0 saturated carbocycles. The molecule has 9 heteroatoms. The summed E-state index contributed by atoms with van der Waals surface area (Å²) < 4.78 is 0. The molecule has 0 aliphatic rings. The van der Waals surface area contributed by atoms with Crippen LogP contribution in [0.25, 0.3) is 11.4 Å². The lowest BCUT2D eigenvalue weighted by Gasteiger charge is -2.08. The number of aromatic nitrogens is 2. The van der Waals surface area contributed by atoms with Crippen molar-refractivity contribution in [3.05, 3.63) is 70.5 Å². The molecule has 3 N–H and O–H groups in total. The van der Waals surface area contributed by atoms with Crippen molar-refractivity contribution in [3.63, 3.8) is 0 Å². The Labute approximate surface area is 170 Å². The number of hydrogen-bond donors (Lipinski definition) is 3. The van der Waals surface area contributed by atoms with E-state index in [2.05, 4.69) is 20.6 Å². The number of nitrogens with zero attached hydrogens (tertiary/aromatic N) is 2. The van der Waals surface area contributed by atoms with Crippen molar-refractivity contribution in [1.29, 1.82) is 0 Å². The van der Waals surface area contributed by atoms with Gasteiger partial charge in [-0.25, -0.2) is 9.97 Å². The van der Waals surface area contributed by atoms with Gasteiger partial charge in [0.2, 0.25) is 5.91 Å². The molecular formula is C19H14Cl2N4O3. The molecule has 3 aromatic rings. The minimum absolute atomic E-state index is 0.106. The van der Waals surface area contributed by atoms with Crippen molar-refractivity contribution in [2.24, 2.45) is 0 Å². The van der Waals surface area contributed by atoms with Crippen LogP contribution in [0.4, 0.5) is 5.69 Å². The predicted octanol–water partition coefficient (Wildman–Crippen LogP) is 3.52. The lowest BCUT2D eigenvalue weighted by molar-refractivity contribution is -0.115. The second-order valence-corrected chi connectivity index (χ2v) is 6.54. The first kappa shape index (κ1) is 19.6. The number of anilines is 1. The number of phenols is 1. The standard InChI is InChI=1S/C19H14Cl2N4O3/c20-12-4-5-15(16(21)7-12)19(28)24-10-17(27)25-13-8-22-18(23-9-13)11-2-1-3-14(26)6-11/h1-9,26H,10H2,(H,24,28)(H,25,27). The van der Waals surface area contributed by atoms with E-state index in [9.17, 15) is 14.7 Å². The second kappa shape index (κ2) is 8.69. The van der Waals surface area contributed by atoms with E-state index < -0.39 is 11.8 Å². The van der Waals surface area contributed by atoms with Crippen LogP contribution in [0.5, 0.6) is 5.75 Å². The van der Waals surface area contributed by atoms with Crippen molar-refractivity contribution in [3.8, 4) is 17.1 Å². The summed E-state index contributed by atoms with van der Waals surface area (Å²) in [6.07, 6.45) is 2.87. The zero-order valence-corrected chi connectivity index (χ0v) is 15.8. The number of phenolic OH excluding ortho intramolecular Hbond substituents is 1. The van der Waals surface area contributed by atoms with Gasteiger partial charge in [0.25, 0.3) is 5.91 Å². The van der Waals surface area contributed by atoms with Gasteiger partial charge in [-0.1, -0.05) is 35.3 Å². The molecule has 2 aromatic carbocycles. The third-order valence-corrected chi connectivity index (χ3v) is 4.17. The predicted molar refractivity (Wildman–Crippen MR) is 107 cm³/mol. The molecule has 1 heterocycles. The van der Waals surface area contributed by atoms with Crippen LogP contribution in [-0.2, 0) is 4.79 Å². The van der Waals surface area contributed by atoms with Crippen molar-refractivity contribution in [2.75, 3.05) is 11.9 Å². The van der Waals surface area contributed by atoms with Gasteiger partial charge in [0.05, 0.1) is 35.2 Å². The van der Waals surface area contributed by atoms with Crippen molar-refractivity contribution in [2.45, 2.75) is 0 Å². The fraction of sp³-hybridized carbons (Fsp3) is 0.0526. The highest BCUT2D eigenvalue weighted by Gasteiger charge is 2.12. The molecule has 0 spiro atoms. The number of nitrogens with one attached hydrogen (secondary N) is 2. The van der Waals surface area contributed by atoms with E-state index >= 15 is 0 Å². The summed E-state index contributed by atoms with van der Waals surface area (Å²) in [5.74, 6) is -0.436. The number of aromatic hydroxyl groups is 1. The Kier molecular flexibility index (Phi) is 6.08. The summed E-state index contributed by atoms with van der Waals surface area (Å²) >= 11 is 11.8. The minimum atomic E-state index is -0.493. The maximum Gasteiger partial charge on any atom is 0.253 e. The number of carbonyl (C=O) groups is 2. The summed E-state index contributed by atoms with van der Waals surface area (Å²) in [7, 11) is 0. The molecular weight excluding hydrogens is 403 g/mol. The second-order valence-electron chi connectivity index (χ2n) is 5.70. The van der Waals surface area contributed by atoms with Crippen molar-refractivity contribution >= 4 is 40.7 Å². The first-order valence-electron chi connectivity index (χ1n) is 8.07. The smallest absolute Gasteiger partial charge is 0.253 e. The average Bonchev–Trinajstić information content (AvgIpc) is 2.67. The third-order valence-electron chi connectivity index (χ3n) is 3.63. The average molecular weight is 417 g/mol. The van der Waals surface area contributed by atoms with Crippen LogP contribution in [0.3, 0.4) is 0 Å². The molecule has 3 rings (SSSR count). The summed E-state index contributed by atoms with van der Waals surface area (Å²) in [5, 5.41) is 15.2. The molecule has 0 aliphatic carbocycles. The maximum absolute atomic E-state index is 12.1. The van der Waals surface area contributed by atoms with Gasteiger partial charge >= 0.3 is 0 Å². The fourth-order valence-electron chi connectivity index (χ4n) is 2.32. The summed E-state index contributed by atoms with van der Waals surface area (Å²) in [5.41, 5.74) is 1.23. The first-order chi connectivity index (χ1) is 13.4. The molecule has 1 aromatic heterocycles. The number of amides is 2. The molecule has 0 bridgehead atoms. The summed E-state index contributed by atoms with van der Waals surface area (Å²) in [6, 6.07) is 11.0. The van der Waals surface area contributed by atoms with E-state index in [0.29, 0.717) is 22.1 Å². The van der Waals surface area contributed by atoms with Crippen molar-refractivity contribution in [1.82, 2.24) is 15.3 Å². The topological polar surface area (TPSA) is 104 Å². The Morgan fingerprint density at radius 3 is 2.46 bits per heavy atom. The number of carbonyl (C=O) groups excluding carboxylic acids is 2. The van der Waals surface area contributed by atoms with Crippen LogP contribution in [0, 0.1) is 0 Å². The van der Waals surface area contributed by atoms with E-state index in [1.54, 1.807) is 18.2 Å². The Morgan fingerprint density at radius 2 is 1.79 bits per heavy atom. The lowest BCUT2D eigenvalue weighted by Crippen LogP contribution is -2.33. The monoisotopic (exact) mass is 416 g/mol. The number of hydrogen-bond acceptors (Lipinski definition) is 5. The third kappa shape index (κ3) is 4.97. The van der Waals surface area contributed by atoms with Gasteiger partial charge in [0.15, 0.2) is 5.82 Å². The van der Waals surface area contributed by atoms with E-state index in [1.165, 1.54) is 36.7 Å². The molecule has 142 valence electrons. The zero-order chi connectivity index (χ0) is 20.1. The molecule has 0 unspecified atom stereocenters. The van der Waals surface area contributed by atoms with Gasteiger partial charge in [0, 0.05) is 10.6 Å². The van der Waals surface area contributed by atoms with Gasteiger partial charge in [-0.3, -0.25) is 9.59 Å². The quantitative estimate of drug-likeness (QED) is 0.589. The largest absolute Gasteiger partial charge is 0.508 e. The number of halogens is 2. The first-order valence-corrected chi connectivity index (χ1v) is 8.82. The van der Waals surface area contributed by atoms with Crippen molar-refractivity contribution < 1.29 is 14.7 Å². The van der Waals surface area contributed by atoms with Crippen LogP contribution in [0.15, 0.2) is 54.9 Å². The van der Waals surface area contributed by atoms with Crippen LogP contribution < -0.4 is 10.6 Å². The number of benzene rings is 2. The van der Waals surface area contributed by atoms with E-state index in [0.717, 1.165) is 0 Å². The van der Waals surface area contributed by atoms with Gasteiger partial charge < -0.3 is 15.7 Å². The van der Waals surface area contributed by atoms with Crippen LogP contribution in [0.2, 0.25) is 10.0 Å². The normalized spacial score (nSPS) is 10.4. The van der Waals surface area contributed by atoms with Gasteiger partial charge in [-0.05, 0) is 30.3 Å². The molecule has 2 amide bonds. The van der Waals surface area contributed by atoms with Gasteiger partial charge in [-0.15, -0.1) is 0 Å². The molecule has 0 saturated heterocycles. The molecule has 0 radical (unpaired) electrons. The number of rotatable bonds is 5. The van der Waals surface area contributed by atoms with Gasteiger partial charge in [0.1, 0.15) is 5.75 Å². The SMILES string of the molecule is O=C(CNC(=O)c1ccc(Cl)cc1Cl)Nc1cnc(-c2cccc(O)c2)nc1. The van der Waals surface area contributed by atoms with E-state index in [-0.39, 0.29) is 22.9 Å². The molecule has 7 nitrogen and oxygen atoms in total. The lowest BCUT2D eigenvalue weighted by atomic mass is 10.2. The van der Waals surface area contributed by atoms with Crippen LogP contribution in [-0.4, -0.2) is 33.4 Å². The highest BCUT2D eigenvalue weighted by molar-refractivity contribution is 6.36. The van der Waals surface area contributed by atoms with E-state index in [1.807, 2.05) is 0 Å². The van der Waals surface area contributed by atoms with Crippen LogP contribution >= 0.6 is 23.2 Å². The summed E-state index contributed by atoms with van der Waals surface area (Å²) in [6.45, 7) is -0.258. The maximum atomic E-state index is 12.1. The van der Waals surface area contributed by atoms with Crippen LogP contribution in [0.1, 0.15) is 10.4 Å². The minimum Gasteiger partial charge on any atom is -0.508 e. The van der Waals surface area contributed by atoms with E-state index in [4.69, 9.17) is 23.2 Å².